The van der Waals surface area contributed by atoms with E-state index in [1.54, 1.807) is 0 Å². The molecule has 1 saturated heterocycles. The Kier molecular flexibility index (Phi) is 4.66. The van der Waals surface area contributed by atoms with E-state index in [9.17, 15) is 0 Å². The third-order valence-corrected chi connectivity index (χ3v) is 6.32. The number of hydrogen-bond donors (Lipinski definition) is 1. The standard InChI is InChI=1S/C19H36N2/c1-18(2,3)20-14-19(11-6-7-12-19)15-21-13-10-16-8-4-5-9-17(16)21/h16-17,20H,4-15H2,1-3H3. The average Bonchev–Trinajstić information content (AvgIpc) is 3.05. The van der Waals surface area contributed by atoms with Crippen molar-refractivity contribution in [1.29, 1.82) is 0 Å². The van der Waals surface area contributed by atoms with E-state index in [0.717, 1.165) is 12.0 Å². The maximum Gasteiger partial charge on any atom is 0.0124 e. The van der Waals surface area contributed by atoms with E-state index in [4.69, 9.17) is 0 Å². The van der Waals surface area contributed by atoms with Crippen LogP contribution in [0.15, 0.2) is 0 Å². The predicted molar refractivity (Wildman–Crippen MR) is 90.6 cm³/mol. The first-order valence-corrected chi connectivity index (χ1v) is 9.47. The van der Waals surface area contributed by atoms with Crippen LogP contribution in [0.3, 0.4) is 0 Å². The van der Waals surface area contributed by atoms with E-state index in [1.807, 2.05) is 0 Å². The second-order valence-corrected chi connectivity index (χ2v) is 9.18. The van der Waals surface area contributed by atoms with Crippen molar-refractivity contribution in [3.05, 3.63) is 0 Å². The highest BCUT2D eigenvalue weighted by molar-refractivity contribution is 4.96. The molecule has 0 spiro atoms. The monoisotopic (exact) mass is 292 g/mol. The van der Waals surface area contributed by atoms with Gasteiger partial charge in [0.1, 0.15) is 0 Å². The Bertz CT molecular complexity index is 338. The maximum absolute atomic E-state index is 3.82. The molecule has 21 heavy (non-hydrogen) atoms. The van der Waals surface area contributed by atoms with Crippen molar-refractivity contribution in [3.8, 4) is 0 Å². The predicted octanol–water partition coefficient (Wildman–Crippen LogP) is 4.20. The SMILES string of the molecule is CC(C)(C)NCC1(CN2CCC3CCCCC32)CCCC1. The van der Waals surface area contributed by atoms with Crippen molar-refractivity contribution in [2.75, 3.05) is 19.6 Å². The summed E-state index contributed by atoms with van der Waals surface area (Å²) in [4.78, 5) is 2.90. The molecule has 3 aliphatic rings. The minimum Gasteiger partial charge on any atom is -0.311 e. The van der Waals surface area contributed by atoms with E-state index >= 15 is 0 Å². The zero-order valence-corrected chi connectivity index (χ0v) is 14.6. The molecule has 0 aromatic heterocycles. The molecule has 2 atom stereocenters. The van der Waals surface area contributed by atoms with Crippen LogP contribution >= 0.6 is 0 Å². The van der Waals surface area contributed by atoms with Gasteiger partial charge in [-0.15, -0.1) is 0 Å². The molecule has 2 aliphatic carbocycles. The average molecular weight is 293 g/mol. The van der Waals surface area contributed by atoms with Gasteiger partial charge in [0.15, 0.2) is 0 Å². The third kappa shape index (κ3) is 3.82. The number of rotatable bonds is 4. The Morgan fingerprint density at radius 3 is 2.43 bits per heavy atom. The van der Waals surface area contributed by atoms with Crippen molar-refractivity contribution >= 4 is 0 Å². The van der Waals surface area contributed by atoms with E-state index in [1.165, 1.54) is 77.4 Å². The van der Waals surface area contributed by atoms with Crippen molar-refractivity contribution in [2.45, 2.75) is 90.1 Å². The van der Waals surface area contributed by atoms with Crippen LogP contribution in [-0.2, 0) is 0 Å². The normalized spacial score (nSPS) is 33.3. The molecule has 1 heterocycles. The molecule has 0 radical (unpaired) electrons. The van der Waals surface area contributed by atoms with Gasteiger partial charge in [0.2, 0.25) is 0 Å². The van der Waals surface area contributed by atoms with Crippen LogP contribution < -0.4 is 5.32 Å². The van der Waals surface area contributed by atoms with Gasteiger partial charge in [-0.3, -0.25) is 4.90 Å². The fourth-order valence-corrected chi connectivity index (χ4v) is 5.10. The second-order valence-electron chi connectivity index (χ2n) is 9.18. The number of fused-ring (bicyclic) bond motifs is 1. The van der Waals surface area contributed by atoms with Gasteiger partial charge in [0, 0.05) is 24.7 Å². The van der Waals surface area contributed by atoms with Crippen LogP contribution in [-0.4, -0.2) is 36.1 Å². The summed E-state index contributed by atoms with van der Waals surface area (Å²) in [6.07, 6.45) is 13.2. The molecule has 0 aromatic rings. The van der Waals surface area contributed by atoms with Gasteiger partial charge in [-0.25, -0.2) is 0 Å². The van der Waals surface area contributed by atoms with E-state index in [-0.39, 0.29) is 5.54 Å². The number of likely N-dealkylation sites (tertiary alicyclic amines) is 1. The minimum absolute atomic E-state index is 0.258. The molecule has 0 amide bonds. The van der Waals surface area contributed by atoms with E-state index < -0.39 is 0 Å². The highest BCUT2D eigenvalue weighted by Crippen LogP contribution is 2.43. The quantitative estimate of drug-likeness (QED) is 0.835. The Labute approximate surface area is 132 Å². The first kappa shape index (κ1) is 15.8. The summed E-state index contributed by atoms with van der Waals surface area (Å²) in [6, 6.07) is 0.936. The highest BCUT2D eigenvalue weighted by atomic mass is 15.2. The maximum atomic E-state index is 3.82. The van der Waals surface area contributed by atoms with Crippen molar-refractivity contribution in [2.24, 2.45) is 11.3 Å². The molecular formula is C19H36N2. The molecular weight excluding hydrogens is 256 g/mol. The Morgan fingerprint density at radius 1 is 1.00 bits per heavy atom. The van der Waals surface area contributed by atoms with Crippen LogP contribution in [0.4, 0.5) is 0 Å². The smallest absolute Gasteiger partial charge is 0.0124 e. The van der Waals surface area contributed by atoms with E-state index in [2.05, 4.69) is 31.0 Å². The Balaban J connectivity index is 1.62. The lowest BCUT2D eigenvalue weighted by molar-refractivity contribution is 0.105. The molecule has 0 aromatic carbocycles. The first-order valence-electron chi connectivity index (χ1n) is 9.47. The van der Waals surface area contributed by atoms with Gasteiger partial charge in [-0.1, -0.05) is 25.7 Å². The summed E-state index contributed by atoms with van der Waals surface area (Å²) in [6.45, 7) is 10.9. The topological polar surface area (TPSA) is 15.3 Å². The van der Waals surface area contributed by atoms with Gasteiger partial charge in [-0.2, -0.15) is 0 Å². The Morgan fingerprint density at radius 2 is 1.71 bits per heavy atom. The van der Waals surface area contributed by atoms with Gasteiger partial charge in [0.25, 0.3) is 0 Å². The molecule has 2 heteroatoms. The summed E-state index contributed by atoms with van der Waals surface area (Å²) in [7, 11) is 0. The van der Waals surface area contributed by atoms with Crippen molar-refractivity contribution < 1.29 is 0 Å². The summed E-state index contributed by atoms with van der Waals surface area (Å²) in [5, 5.41) is 3.82. The van der Waals surface area contributed by atoms with E-state index in [0.29, 0.717) is 5.41 Å². The molecule has 2 unspecified atom stereocenters. The molecule has 3 rings (SSSR count). The van der Waals surface area contributed by atoms with Crippen LogP contribution in [0.5, 0.6) is 0 Å². The molecule has 122 valence electrons. The second kappa shape index (κ2) is 6.20. The molecule has 1 aliphatic heterocycles. The lowest BCUT2D eigenvalue weighted by Crippen LogP contribution is -2.49. The van der Waals surface area contributed by atoms with Crippen LogP contribution in [0, 0.1) is 11.3 Å². The number of hydrogen-bond acceptors (Lipinski definition) is 2. The van der Waals surface area contributed by atoms with Gasteiger partial charge in [-0.05, 0) is 70.8 Å². The van der Waals surface area contributed by atoms with Crippen molar-refractivity contribution in [1.82, 2.24) is 10.2 Å². The highest BCUT2D eigenvalue weighted by Gasteiger charge is 2.42. The van der Waals surface area contributed by atoms with Crippen LogP contribution in [0.25, 0.3) is 0 Å². The largest absolute Gasteiger partial charge is 0.311 e. The lowest BCUT2D eigenvalue weighted by Gasteiger charge is -2.40. The molecule has 3 fully saturated rings. The molecule has 1 N–H and O–H groups in total. The summed E-state index contributed by atoms with van der Waals surface area (Å²) in [5.74, 6) is 1.03. The minimum atomic E-state index is 0.258. The summed E-state index contributed by atoms with van der Waals surface area (Å²) >= 11 is 0. The number of nitrogens with one attached hydrogen (secondary N) is 1. The number of nitrogens with zero attached hydrogens (tertiary/aromatic N) is 1. The summed E-state index contributed by atoms with van der Waals surface area (Å²) < 4.78 is 0. The molecule has 0 bridgehead atoms. The lowest BCUT2D eigenvalue weighted by atomic mass is 9.82. The van der Waals surface area contributed by atoms with Gasteiger partial charge in [0.05, 0.1) is 0 Å². The van der Waals surface area contributed by atoms with Gasteiger partial charge >= 0.3 is 0 Å². The van der Waals surface area contributed by atoms with Crippen LogP contribution in [0.1, 0.15) is 78.6 Å². The zero-order valence-electron chi connectivity index (χ0n) is 14.6. The Hall–Kier alpha value is -0.0800. The first-order chi connectivity index (χ1) is 9.98. The fourth-order valence-electron chi connectivity index (χ4n) is 5.10. The van der Waals surface area contributed by atoms with Crippen molar-refractivity contribution in [3.63, 3.8) is 0 Å². The fraction of sp³-hybridized carbons (Fsp3) is 1.00. The molecule has 2 saturated carbocycles. The van der Waals surface area contributed by atoms with Gasteiger partial charge < -0.3 is 5.32 Å². The van der Waals surface area contributed by atoms with Crippen LogP contribution in [0.2, 0.25) is 0 Å². The molecule has 2 nitrogen and oxygen atoms in total. The third-order valence-electron chi connectivity index (χ3n) is 6.32. The zero-order chi connectivity index (χ0) is 14.9. The summed E-state index contributed by atoms with van der Waals surface area (Å²) in [5.41, 5.74) is 0.827.